The van der Waals surface area contributed by atoms with Gasteiger partial charge in [0.05, 0.1) is 36.3 Å². The molecule has 1 saturated carbocycles. The normalized spacial score (nSPS) is 24.6. The first-order valence-corrected chi connectivity index (χ1v) is 6.71. The molecule has 1 fully saturated rings. The van der Waals surface area contributed by atoms with Crippen LogP contribution >= 0.6 is 0 Å². The van der Waals surface area contributed by atoms with E-state index in [0.29, 0.717) is 12.8 Å². The van der Waals surface area contributed by atoms with Crippen molar-refractivity contribution in [2.75, 3.05) is 0 Å². The minimum atomic E-state index is -1.87. The van der Waals surface area contributed by atoms with Gasteiger partial charge in [-0.2, -0.15) is 26.3 Å². The molecule has 0 aromatic heterocycles. The highest BCUT2D eigenvalue weighted by Crippen LogP contribution is 2.49. The van der Waals surface area contributed by atoms with Gasteiger partial charge in [-0.15, -0.1) is 0 Å². The standard InChI is InChI=1S/C15H15N5/c16-8-13-6-4-2-1-3-5-7-14(9-17,10-18)15(13,11-19)12-20/h13H,1-7H2. The molecule has 0 N–H and O–H groups in total. The molecular formula is C15H15N5. The van der Waals surface area contributed by atoms with Crippen LogP contribution in [-0.4, -0.2) is 0 Å². The van der Waals surface area contributed by atoms with Gasteiger partial charge in [-0.05, 0) is 12.8 Å². The third-order valence-corrected chi connectivity index (χ3v) is 4.13. The number of hydrogen-bond donors (Lipinski definition) is 0. The van der Waals surface area contributed by atoms with Gasteiger partial charge in [0.2, 0.25) is 0 Å². The van der Waals surface area contributed by atoms with E-state index in [1.807, 2.05) is 30.3 Å². The lowest BCUT2D eigenvalue weighted by atomic mass is 9.57. The van der Waals surface area contributed by atoms with Crippen molar-refractivity contribution in [3.05, 3.63) is 0 Å². The molecule has 0 saturated heterocycles. The zero-order chi connectivity index (χ0) is 15.1. The molecule has 0 amide bonds. The first-order chi connectivity index (χ1) is 9.66. The van der Waals surface area contributed by atoms with E-state index < -0.39 is 16.7 Å². The Labute approximate surface area is 119 Å². The lowest BCUT2D eigenvalue weighted by Gasteiger charge is -2.35. The largest absolute Gasteiger partial charge is 0.198 e. The summed E-state index contributed by atoms with van der Waals surface area (Å²) in [5, 5.41) is 47.2. The van der Waals surface area contributed by atoms with Crippen LogP contribution in [0.4, 0.5) is 0 Å². The van der Waals surface area contributed by atoms with Crippen molar-refractivity contribution in [1.82, 2.24) is 0 Å². The SMILES string of the molecule is N#CC1CCCCCCCC(C#N)(C#N)C1(C#N)C#N. The maximum Gasteiger partial charge on any atom is 0.190 e. The van der Waals surface area contributed by atoms with E-state index in [9.17, 15) is 26.3 Å². The molecule has 5 nitrogen and oxygen atoms in total. The molecule has 0 spiro atoms. The molecule has 5 heteroatoms. The molecule has 1 rings (SSSR count). The molecule has 20 heavy (non-hydrogen) atoms. The van der Waals surface area contributed by atoms with Crippen LogP contribution in [0.1, 0.15) is 44.9 Å². The molecular weight excluding hydrogens is 250 g/mol. The molecule has 0 bridgehead atoms. The zero-order valence-corrected chi connectivity index (χ0v) is 11.3. The summed E-state index contributed by atoms with van der Waals surface area (Å²) in [6, 6.07) is 9.45. The monoisotopic (exact) mass is 265 g/mol. The smallest absolute Gasteiger partial charge is 0.190 e. The fourth-order valence-electron chi connectivity index (χ4n) is 2.83. The average Bonchev–Trinajstić information content (AvgIpc) is 2.50. The summed E-state index contributed by atoms with van der Waals surface area (Å²) in [6.07, 6.45) is 4.69. The van der Waals surface area contributed by atoms with Crippen molar-refractivity contribution in [2.24, 2.45) is 16.7 Å². The van der Waals surface area contributed by atoms with E-state index >= 15 is 0 Å². The quantitative estimate of drug-likeness (QED) is 0.666. The van der Waals surface area contributed by atoms with Gasteiger partial charge in [0.25, 0.3) is 0 Å². The summed E-state index contributed by atoms with van der Waals surface area (Å²) < 4.78 is 0. The van der Waals surface area contributed by atoms with Crippen molar-refractivity contribution in [2.45, 2.75) is 44.9 Å². The molecule has 0 radical (unpaired) electrons. The van der Waals surface area contributed by atoms with Crippen LogP contribution in [0.15, 0.2) is 0 Å². The van der Waals surface area contributed by atoms with E-state index in [1.54, 1.807) is 0 Å². The first kappa shape index (κ1) is 15.5. The summed E-state index contributed by atoms with van der Waals surface area (Å²) in [6.45, 7) is 0. The van der Waals surface area contributed by atoms with Gasteiger partial charge >= 0.3 is 0 Å². The van der Waals surface area contributed by atoms with Gasteiger partial charge in [-0.1, -0.05) is 32.1 Å². The minimum Gasteiger partial charge on any atom is -0.198 e. The Hall–Kier alpha value is -2.55. The molecule has 0 aliphatic heterocycles. The second-order valence-electron chi connectivity index (χ2n) is 5.15. The Kier molecular flexibility index (Phi) is 5.09. The Balaban J connectivity index is 3.45. The summed E-state index contributed by atoms with van der Waals surface area (Å²) in [5.74, 6) is -0.908. The zero-order valence-electron chi connectivity index (χ0n) is 11.3. The molecule has 100 valence electrons. The molecule has 0 aromatic rings. The van der Waals surface area contributed by atoms with E-state index in [0.717, 1.165) is 25.7 Å². The van der Waals surface area contributed by atoms with Gasteiger partial charge in [0, 0.05) is 0 Å². The molecule has 1 unspecified atom stereocenters. The van der Waals surface area contributed by atoms with Crippen molar-refractivity contribution in [1.29, 1.82) is 26.3 Å². The fraction of sp³-hybridized carbons (Fsp3) is 0.667. The van der Waals surface area contributed by atoms with Gasteiger partial charge in [-0.3, -0.25) is 0 Å². The Morgan fingerprint density at radius 3 is 1.75 bits per heavy atom. The predicted octanol–water partition coefficient (Wildman–Crippen LogP) is 2.94. The third-order valence-electron chi connectivity index (χ3n) is 4.13. The molecule has 0 aromatic carbocycles. The van der Waals surface area contributed by atoms with Gasteiger partial charge in [0.1, 0.15) is 0 Å². The Bertz CT molecular complexity index is 530. The Morgan fingerprint density at radius 1 is 0.700 bits per heavy atom. The summed E-state index contributed by atoms with van der Waals surface area (Å²) in [7, 11) is 0. The van der Waals surface area contributed by atoms with Crippen LogP contribution in [0.2, 0.25) is 0 Å². The van der Waals surface area contributed by atoms with Crippen LogP contribution in [0.25, 0.3) is 0 Å². The van der Waals surface area contributed by atoms with Crippen molar-refractivity contribution >= 4 is 0 Å². The number of nitrogens with zero attached hydrogens (tertiary/aromatic N) is 5. The van der Waals surface area contributed by atoms with Crippen LogP contribution in [0.3, 0.4) is 0 Å². The highest BCUT2D eigenvalue weighted by atomic mass is 14.6. The summed E-state index contributed by atoms with van der Waals surface area (Å²) in [5.41, 5.74) is -3.60. The average molecular weight is 265 g/mol. The van der Waals surface area contributed by atoms with Crippen LogP contribution in [0.5, 0.6) is 0 Å². The van der Waals surface area contributed by atoms with E-state index in [2.05, 4.69) is 0 Å². The van der Waals surface area contributed by atoms with Crippen LogP contribution in [-0.2, 0) is 0 Å². The van der Waals surface area contributed by atoms with E-state index in [-0.39, 0.29) is 6.42 Å². The second-order valence-corrected chi connectivity index (χ2v) is 5.15. The van der Waals surface area contributed by atoms with Crippen molar-refractivity contribution < 1.29 is 0 Å². The lowest BCUT2D eigenvalue weighted by molar-refractivity contribution is 0.194. The number of rotatable bonds is 0. The number of hydrogen-bond acceptors (Lipinski definition) is 5. The third kappa shape index (κ3) is 2.30. The highest BCUT2D eigenvalue weighted by Gasteiger charge is 2.59. The summed E-state index contributed by atoms with van der Waals surface area (Å²) in [4.78, 5) is 0. The van der Waals surface area contributed by atoms with Gasteiger partial charge < -0.3 is 0 Å². The van der Waals surface area contributed by atoms with E-state index in [4.69, 9.17) is 0 Å². The lowest BCUT2D eigenvalue weighted by Crippen LogP contribution is -2.44. The maximum absolute atomic E-state index is 9.49. The first-order valence-electron chi connectivity index (χ1n) is 6.71. The number of nitriles is 5. The minimum absolute atomic E-state index is 0.166. The fourth-order valence-corrected chi connectivity index (χ4v) is 2.83. The molecule has 1 aliphatic carbocycles. The topological polar surface area (TPSA) is 119 Å². The van der Waals surface area contributed by atoms with Crippen molar-refractivity contribution in [3.8, 4) is 30.3 Å². The predicted molar refractivity (Wildman–Crippen MR) is 68.7 cm³/mol. The van der Waals surface area contributed by atoms with Crippen molar-refractivity contribution in [3.63, 3.8) is 0 Å². The summed E-state index contributed by atoms with van der Waals surface area (Å²) >= 11 is 0. The molecule has 1 aliphatic rings. The maximum atomic E-state index is 9.49. The van der Waals surface area contributed by atoms with Crippen LogP contribution < -0.4 is 0 Å². The Morgan fingerprint density at radius 2 is 1.25 bits per heavy atom. The molecule has 1 atom stereocenters. The van der Waals surface area contributed by atoms with Gasteiger partial charge in [-0.25, -0.2) is 0 Å². The van der Waals surface area contributed by atoms with Crippen LogP contribution in [0, 0.1) is 73.4 Å². The molecule has 0 heterocycles. The van der Waals surface area contributed by atoms with Gasteiger partial charge in [0.15, 0.2) is 10.8 Å². The van der Waals surface area contributed by atoms with E-state index in [1.165, 1.54) is 0 Å². The highest BCUT2D eigenvalue weighted by molar-refractivity contribution is 5.37. The second kappa shape index (κ2) is 6.57.